The third-order valence-electron chi connectivity index (χ3n) is 7.19. The molecule has 0 aromatic carbocycles. The highest BCUT2D eigenvalue weighted by molar-refractivity contribution is 6.74. The fourth-order valence-corrected chi connectivity index (χ4v) is 4.54. The summed E-state index contributed by atoms with van der Waals surface area (Å²) < 4.78 is 6.35. The van der Waals surface area contributed by atoms with E-state index in [1.54, 1.807) is 5.57 Å². The molecule has 0 aromatic rings. The van der Waals surface area contributed by atoms with E-state index in [1.165, 1.54) is 74.5 Å². The molecule has 0 aliphatic heterocycles. The molecule has 0 rings (SSSR count). The summed E-state index contributed by atoms with van der Waals surface area (Å²) in [7, 11) is -1.59. The van der Waals surface area contributed by atoms with Crippen LogP contribution in [0.3, 0.4) is 0 Å². The molecule has 0 aliphatic carbocycles. The first-order chi connectivity index (χ1) is 15.2. The van der Waals surface area contributed by atoms with Crippen LogP contribution in [0.2, 0.25) is 18.1 Å². The molecule has 192 valence electrons. The van der Waals surface area contributed by atoms with Crippen molar-refractivity contribution in [3.8, 4) is 0 Å². The Balaban J connectivity index is 4.09. The van der Waals surface area contributed by atoms with Crippen molar-refractivity contribution >= 4 is 8.32 Å². The van der Waals surface area contributed by atoms with Crippen LogP contribution in [0.4, 0.5) is 0 Å². The lowest BCUT2D eigenvalue weighted by Crippen LogP contribution is -2.41. The predicted molar refractivity (Wildman–Crippen MR) is 155 cm³/mol. The molecule has 1 nitrogen and oxygen atoms in total. The predicted octanol–water partition coefficient (Wildman–Crippen LogP) is 11.0. The average Bonchev–Trinajstić information content (AvgIpc) is 2.66. The van der Waals surface area contributed by atoms with Crippen LogP contribution in [-0.2, 0) is 4.43 Å². The minimum absolute atomic E-state index is 0.309. The van der Waals surface area contributed by atoms with Gasteiger partial charge in [0.25, 0.3) is 0 Å². The minimum Gasteiger partial charge on any atom is -0.417 e. The molecule has 0 fully saturated rings. The molecule has 2 heteroatoms. The van der Waals surface area contributed by atoms with Gasteiger partial charge < -0.3 is 4.43 Å². The summed E-state index contributed by atoms with van der Waals surface area (Å²) in [4.78, 5) is 0. The molecular formula is C31H58OSi. The summed E-state index contributed by atoms with van der Waals surface area (Å²) >= 11 is 0. The van der Waals surface area contributed by atoms with Gasteiger partial charge in [-0.2, -0.15) is 0 Å². The summed E-state index contributed by atoms with van der Waals surface area (Å²) in [5, 5.41) is 0.309. The highest BCUT2D eigenvalue weighted by Gasteiger charge is 2.36. The Labute approximate surface area is 210 Å². The van der Waals surface area contributed by atoms with E-state index in [1.807, 2.05) is 0 Å². The van der Waals surface area contributed by atoms with E-state index in [2.05, 4.69) is 99.7 Å². The fraction of sp³-hybridized carbons (Fsp3) is 0.742. The maximum absolute atomic E-state index is 6.35. The zero-order chi connectivity index (χ0) is 25.5. The van der Waals surface area contributed by atoms with E-state index in [4.69, 9.17) is 4.43 Å². The molecule has 0 N–H and O–H groups in total. The van der Waals surface area contributed by atoms with Crippen LogP contribution in [0.1, 0.15) is 120 Å². The summed E-state index contributed by atoms with van der Waals surface area (Å²) in [6.45, 7) is 26.2. The lowest BCUT2D eigenvalue weighted by atomic mass is 10.0. The third-order valence-corrected chi connectivity index (χ3v) is 11.7. The van der Waals surface area contributed by atoms with E-state index in [-0.39, 0.29) is 0 Å². The quantitative estimate of drug-likeness (QED) is 0.160. The van der Waals surface area contributed by atoms with E-state index in [0.717, 1.165) is 12.5 Å². The van der Waals surface area contributed by atoms with Gasteiger partial charge in [0.1, 0.15) is 0 Å². The summed E-state index contributed by atoms with van der Waals surface area (Å²) in [6, 6.07) is 0. The average molecular weight is 475 g/mol. The summed E-state index contributed by atoms with van der Waals surface area (Å²) in [6.07, 6.45) is 20.4. The topological polar surface area (TPSA) is 9.23 Å². The van der Waals surface area contributed by atoms with Crippen LogP contribution < -0.4 is 0 Å². The Morgan fingerprint density at radius 2 is 1.12 bits per heavy atom. The maximum Gasteiger partial charge on any atom is 0.191 e. The SMILES string of the molecule is CC(C)=CCC/C(C)=C/CC/C(C)=C/CC/C(C)=C/CC[C@H](C)CCO[Si](C)(C)C(C)(C)C. The monoisotopic (exact) mass is 474 g/mol. The van der Waals surface area contributed by atoms with Crippen LogP contribution >= 0.6 is 0 Å². The van der Waals surface area contributed by atoms with Gasteiger partial charge in [0.05, 0.1) is 0 Å². The van der Waals surface area contributed by atoms with Gasteiger partial charge in [-0.3, -0.25) is 0 Å². The van der Waals surface area contributed by atoms with E-state index in [0.29, 0.717) is 5.04 Å². The van der Waals surface area contributed by atoms with Crippen molar-refractivity contribution in [2.45, 2.75) is 138 Å². The zero-order valence-electron chi connectivity index (χ0n) is 24.4. The van der Waals surface area contributed by atoms with Crippen LogP contribution in [-0.4, -0.2) is 14.9 Å². The number of allylic oxidation sites excluding steroid dienone is 8. The van der Waals surface area contributed by atoms with E-state index >= 15 is 0 Å². The van der Waals surface area contributed by atoms with Gasteiger partial charge >= 0.3 is 0 Å². The van der Waals surface area contributed by atoms with Crippen LogP contribution in [0, 0.1) is 5.92 Å². The maximum atomic E-state index is 6.35. The standard InChI is InChI=1S/C31H58OSi/c1-26(2)16-12-17-27(3)18-13-19-28(4)20-14-21-29(5)22-15-23-30(6)24-25-32-33(10,11)31(7,8)9/h16,18,20,22,30H,12-15,17,19,21,23-25H2,1-11H3/b27-18+,28-20+,29-22+/t30-/m0/s1. The normalized spacial score (nSPS) is 15.1. The molecule has 0 aliphatic rings. The molecule has 1 atom stereocenters. The molecule has 0 radical (unpaired) electrons. The summed E-state index contributed by atoms with van der Waals surface area (Å²) in [5.74, 6) is 0.736. The van der Waals surface area contributed by atoms with Gasteiger partial charge in [-0.1, -0.05) is 74.3 Å². The van der Waals surface area contributed by atoms with Crippen LogP contribution in [0.5, 0.6) is 0 Å². The minimum atomic E-state index is -1.59. The molecule has 0 aromatic heterocycles. The lowest BCUT2D eigenvalue weighted by Gasteiger charge is -2.36. The Hall–Kier alpha value is -0.863. The van der Waals surface area contributed by atoms with Gasteiger partial charge in [-0.05, 0) is 116 Å². The molecular weight excluding hydrogens is 416 g/mol. The number of hydrogen-bond donors (Lipinski definition) is 0. The second kappa shape index (κ2) is 16.7. The largest absolute Gasteiger partial charge is 0.417 e. The second-order valence-electron chi connectivity index (χ2n) is 12.1. The Bertz CT molecular complexity index is 651. The molecule has 0 spiro atoms. The Kier molecular flexibility index (Phi) is 16.3. The molecule has 0 amide bonds. The van der Waals surface area contributed by atoms with Gasteiger partial charge in [-0.15, -0.1) is 0 Å². The second-order valence-corrected chi connectivity index (χ2v) is 16.9. The van der Waals surface area contributed by atoms with Gasteiger partial charge in [0.15, 0.2) is 8.32 Å². The van der Waals surface area contributed by atoms with Crippen LogP contribution in [0.25, 0.3) is 0 Å². The molecule has 0 saturated carbocycles. The van der Waals surface area contributed by atoms with Gasteiger partial charge in [0, 0.05) is 6.61 Å². The van der Waals surface area contributed by atoms with Gasteiger partial charge in [0.2, 0.25) is 0 Å². The summed E-state index contributed by atoms with van der Waals surface area (Å²) in [5.41, 5.74) is 6.03. The van der Waals surface area contributed by atoms with Crippen molar-refractivity contribution in [3.63, 3.8) is 0 Å². The Morgan fingerprint density at radius 1 is 0.697 bits per heavy atom. The van der Waals surface area contributed by atoms with Crippen molar-refractivity contribution in [2.24, 2.45) is 5.92 Å². The highest BCUT2D eigenvalue weighted by Crippen LogP contribution is 2.36. The van der Waals surface area contributed by atoms with Crippen LogP contribution in [0.15, 0.2) is 46.6 Å². The third kappa shape index (κ3) is 17.3. The van der Waals surface area contributed by atoms with E-state index in [9.17, 15) is 0 Å². The van der Waals surface area contributed by atoms with Crippen molar-refractivity contribution in [2.75, 3.05) is 6.61 Å². The molecule has 0 bridgehead atoms. The first-order valence-electron chi connectivity index (χ1n) is 13.5. The van der Waals surface area contributed by atoms with Gasteiger partial charge in [-0.25, -0.2) is 0 Å². The van der Waals surface area contributed by atoms with Crippen molar-refractivity contribution in [1.82, 2.24) is 0 Å². The number of rotatable bonds is 16. The first kappa shape index (κ1) is 32.1. The Morgan fingerprint density at radius 3 is 1.55 bits per heavy atom. The van der Waals surface area contributed by atoms with Crippen molar-refractivity contribution < 1.29 is 4.43 Å². The number of hydrogen-bond acceptors (Lipinski definition) is 1. The fourth-order valence-electron chi connectivity index (χ4n) is 3.48. The lowest BCUT2D eigenvalue weighted by molar-refractivity contribution is 0.257. The smallest absolute Gasteiger partial charge is 0.191 e. The van der Waals surface area contributed by atoms with Crippen molar-refractivity contribution in [3.05, 3.63) is 46.6 Å². The molecule has 0 saturated heterocycles. The zero-order valence-corrected chi connectivity index (χ0v) is 25.4. The van der Waals surface area contributed by atoms with Crippen molar-refractivity contribution in [1.29, 1.82) is 0 Å². The highest BCUT2D eigenvalue weighted by atomic mass is 28.4. The van der Waals surface area contributed by atoms with E-state index < -0.39 is 8.32 Å². The molecule has 0 unspecified atom stereocenters. The molecule has 33 heavy (non-hydrogen) atoms. The molecule has 0 heterocycles. The first-order valence-corrected chi connectivity index (χ1v) is 16.4.